The lowest BCUT2D eigenvalue weighted by Gasteiger charge is -2.43. The molecule has 2 aliphatic rings. The molecule has 0 amide bonds. The van der Waals surface area contributed by atoms with E-state index in [0.29, 0.717) is 18.2 Å². The average molecular weight is 440 g/mol. The summed E-state index contributed by atoms with van der Waals surface area (Å²) in [5.41, 5.74) is 1.17. The number of benzene rings is 2. The van der Waals surface area contributed by atoms with E-state index >= 15 is 0 Å². The summed E-state index contributed by atoms with van der Waals surface area (Å²) in [5, 5.41) is 0. The SMILES string of the molecule is Cl.FC(F)(F)c1ccccc1CN1CCC(N2CCN(c3ccccc3)CC2)CC1. The lowest BCUT2D eigenvalue weighted by Crippen LogP contribution is -2.53. The van der Waals surface area contributed by atoms with Crippen molar-refractivity contribution >= 4 is 18.1 Å². The maximum absolute atomic E-state index is 13.2. The first-order valence-electron chi connectivity index (χ1n) is 10.4. The molecule has 7 heteroatoms. The highest BCUT2D eigenvalue weighted by atomic mass is 35.5. The van der Waals surface area contributed by atoms with Gasteiger partial charge in [-0.2, -0.15) is 13.2 Å². The van der Waals surface area contributed by atoms with Gasteiger partial charge < -0.3 is 4.90 Å². The quantitative estimate of drug-likeness (QED) is 0.670. The van der Waals surface area contributed by atoms with E-state index in [1.54, 1.807) is 12.1 Å². The second-order valence-corrected chi connectivity index (χ2v) is 8.02. The van der Waals surface area contributed by atoms with Crippen LogP contribution < -0.4 is 4.90 Å². The van der Waals surface area contributed by atoms with Gasteiger partial charge in [-0.05, 0) is 49.7 Å². The Morgan fingerprint density at radius 2 is 1.37 bits per heavy atom. The third kappa shape index (κ3) is 5.48. The van der Waals surface area contributed by atoms with Crippen LogP contribution in [0.4, 0.5) is 18.9 Å². The summed E-state index contributed by atoms with van der Waals surface area (Å²) in [6.45, 7) is 6.26. The zero-order valence-corrected chi connectivity index (χ0v) is 17.8. The fraction of sp³-hybridized carbons (Fsp3) is 0.478. The highest BCUT2D eigenvalue weighted by molar-refractivity contribution is 5.85. The predicted octanol–water partition coefficient (Wildman–Crippen LogP) is 4.91. The topological polar surface area (TPSA) is 9.72 Å². The summed E-state index contributed by atoms with van der Waals surface area (Å²) < 4.78 is 39.7. The molecule has 2 fully saturated rings. The molecule has 0 spiro atoms. The molecule has 2 aromatic rings. The molecule has 0 aliphatic carbocycles. The van der Waals surface area contributed by atoms with E-state index in [1.807, 2.05) is 6.07 Å². The molecule has 2 aliphatic heterocycles. The van der Waals surface area contributed by atoms with Gasteiger partial charge in [-0.15, -0.1) is 12.4 Å². The zero-order chi connectivity index (χ0) is 20.3. The Morgan fingerprint density at radius 3 is 2.00 bits per heavy atom. The maximum atomic E-state index is 13.2. The van der Waals surface area contributed by atoms with Gasteiger partial charge in [-0.1, -0.05) is 36.4 Å². The molecule has 4 rings (SSSR count). The van der Waals surface area contributed by atoms with Gasteiger partial charge >= 0.3 is 6.18 Å². The fourth-order valence-corrected chi connectivity index (χ4v) is 4.60. The van der Waals surface area contributed by atoms with Crippen molar-refractivity contribution in [2.24, 2.45) is 0 Å². The smallest absolute Gasteiger partial charge is 0.369 e. The van der Waals surface area contributed by atoms with E-state index in [-0.39, 0.29) is 12.4 Å². The zero-order valence-electron chi connectivity index (χ0n) is 17.0. The van der Waals surface area contributed by atoms with Gasteiger partial charge in [0.05, 0.1) is 5.56 Å². The second-order valence-electron chi connectivity index (χ2n) is 8.02. The molecule has 0 aromatic heterocycles. The van der Waals surface area contributed by atoms with E-state index in [4.69, 9.17) is 0 Å². The molecule has 2 saturated heterocycles. The van der Waals surface area contributed by atoms with Crippen LogP contribution in [0.25, 0.3) is 0 Å². The number of para-hydroxylation sites is 1. The molecular weight excluding hydrogens is 411 g/mol. The second kappa shape index (κ2) is 10.0. The van der Waals surface area contributed by atoms with Gasteiger partial charge in [0.25, 0.3) is 0 Å². The number of anilines is 1. The van der Waals surface area contributed by atoms with Crippen LogP contribution >= 0.6 is 12.4 Å². The van der Waals surface area contributed by atoms with Crippen LogP contribution in [0.3, 0.4) is 0 Å². The molecule has 0 unspecified atom stereocenters. The number of hydrogen-bond donors (Lipinski definition) is 0. The molecular formula is C23H29ClF3N3. The highest BCUT2D eigenvalue weighted by Crippen LogP contribution is 2.33. The number of alkyl halides is 3. The van der Waals surface area contributed by atoms with Crippen molar-refractivity contribution in [2.75, 3.05) is 44.2 Å². The van der Waals surface area contributed by atoms with E-state index < -0.39 is 11.7 Å². The Morgan fingerprint density at radius 1 is 0.767 bits per heavy atom. The third-order valence-corrected chi connectivity index (χ3v) is 6.23. The van der Waals surface area contributed by atoms with Crippen molar-refractivity contribution < 1.29 is 13.2 Å². The Kier molecular flexibility index (Phi) is 7.66. The van der Waals surface area contributed by atoms with Crippen LogP contribution in [0.5, 0.6) is 0 Å². The predicted molar refractivity (Wildman–Crippen MR) is 117 cm³/mol. The molecule has 0 radical (unpaired) electrons. The van der Waals surface area contributed by atoms with Crippen LogP contribution in [0, 0.1) is 0 Å². The van der Waals surface area contributed by atoms with Gasteiger partial charge in [-0.25, -0.2) is 0 Å². The molecule has 164 valence electrons. The molecule has 2 aromatic carbocycles. The first-order chi connectivity index (χ1) is 14.0. The van der Waals surface area contributed by atoms with E-state index in [9.17, 15) is 13.2 Å². The van der Waals surface area contributed by atoms with Crippen molar-refractivity contribution in [1.29, 1.82) is 0 Å². The van der Waals surface area contributed by atoms with E-state index in [1.165, 1.54) is 17.8 Å². The number of likely N-dealkylation sites (tertiary alicyclic amines) is 1. The normalized spacial score (nSPS) is 19.5. The summed E-state index contributed by atoms with van der Waals surface area (Å²) in [7, 11) is 0. The Hall–Kier alpha value is -1.76. The molecule has 3 nitrogen and oxygen atoms in total. The highest BCUT2D eigenvalue weighted by Gasteiger charge is 2.34. The molecule has 0 saturated carbocycles. The average Bonchev–Trinajstić information content (AvgIpc) is 2.75. The van der Waals surface area contributed by atoms with Crippen molar-refractivity contribution in [3.63, 3.8) is 0 Å². The lowest BCUT2D eigenvalue weighted by molar-refractivity contribution is -0.138. The number of rotatable bonds is 4. The molecule has 30 heavy (non-hydrogen) atoms. The van der Waals surface area contributed by atoms with Gasteiger partial charge in [0.1, 0.15) is 0 Å². The van der Waals surface area contributed by atoms with E-state index in [0.717, 1.165) is 52.1 Å². The largest absolute Gasteiger partial charge is 0.416 e. The van der Waals surface area contributed by atoms with Crippen molar-refractivity contribution in [3.05, 3.63) is 65.7 Å². The fourth-order valence-electron chi connectivity index (χ4n) is 4.60. The summed E-state index contributed by atoms with van der Waals surface area (Å²) in [6, 6.07) is 17.0. The van der Waals surface area contributed by atoms with Gasteiger partial charge in [0.2, 0.25) is 0 Å². The molecule has 0 N–H and O–H groups in total. The van der Waals surface area contributed by atoms with Crippen LogP contribution in [-0.2, 0) is 12.7 Å². The summed E-state index contributed by atoms with van der Waals surface area (Å²) in [6.07, 6.45) is -2.23. The lowest BCUT2D eigenvalue weighted by atomic mass is 10.00. The first kappa shape index (κ1) is 22.9. The summed E-state index contributed by atoms with van der Waals surface area (Å²) in [5.74, 6) is 0. The first-order valence-corrected chi connectivity index (χ1v) is 10.4. The molecule has 2 heterocycles. The molecule has 0 bridgehead atoms. The monoisotopic (exact) mass is 439 g/mol. The number of nitrogens with zero attached hydrogens (tertiary/aromatic N) is 3. The van der Waals surface area contributed by atoms with Crippen LogP contribution in [0.2, 0.25) is 0 Å². The number of piperazine rings is 1. The van der Waals surface area contributed by atoms with Gasteiger partial charge in [0.15, 0.2) is 0 Å². The number of piperidine rings is 1. The minimum atomic E-state index is -4.28. The number of halogens is 4. The Labute approximate surface area is 182 Å². The van der Waals surface area contributed by atoms with Crippen molar-refractivity contribution in [1.82, 2.24) is 9.80 Å². The van der Waals surface area contributed by atoms with Crippen LogP contribution in [0.15, 0.2) is 54.6 Å². The maximum Gasteiger partial charge on any atom is 0.416 e. The van der Waals surface area contributed by atoms with Crippen LogP contribution in [0.1, 0.15) is 24.0 Å². The summed E-state index contributed by atoms with van der Waals surface area (Å²) >= 11 is 0. The van der Waals surface area contributed by atoms with Crippen molar-refractivity contribution in [2.45, 2.75) is 31.6 Å². The Balaban J connectivity index is 0.00000256. The molecule has 0 atom stereocenters. The van der Waals surface area contributed by atoms with Gasteiger partial charge in [0, 0.05) is 44.5 Å². The van der Waals surface area contributed by atoms with Crippen LogP contribution in [-0.4, -0.2) is 55.1 Å². The Bertz CT molecular complexity index is 784. The minimum Gasteiger partial charge on any atom is -0.369 e. The van der Waals surface area contributed by atoms with Gasteiger partial charge in [-0.3, -0.25) is 9.80 Å². The third-order valence-electron chi connectivity index (χ3n) is 6.23. The van der Waals surface area contributed by atoms with E-state index in [2.05, 4.69) is 39.0 Å². The minimum absolute atomic E-state index is 0. The van der Waals surface area contributed by atoms with Crippen molar-refractivity contribution in [3.8, 4) is 0 Å². The number of hydrogen-bond acceptors (Lipinski definition) is 3. The summed E-state index contributed by atoms with van der Waals surface area (Å²) in [4.78, 5) is 7.17. The standard InChI is InChI=1S/C23H28F3N3.ClH/c24-23(25,26)22-9-5-4-6-19(22)18-27-12-10-21(11-13-27)29-16-14-28(15-17-29)20-7-2-1-3-8-20;/h1-9,21H,10-18H2;1H.